The number of hydrogen-bond donors (Lipinski definition) is 2. The zero-order chi connectivity index (χ0) is 18.1. The fourth-order valence-electron chi connectivity index (χ4n) is 2.57. The highest BCUT2D eigenvalue weighted by molar-refractivity contribution is 14.0. The maximum atomic E-state index is 11.2. The molecule has 0 saturated heterocycles. The monoisotopic (exact) mass is 487 g/mol. The van der Waals surface area contributed by atoms with E-state index < -0.39 is 9.84 Å². The summed E-state index contributed by atoms with van der Waals surface area (Å²) in [6.45, 7) is 0.992. The van der Waals surface area contributed by atoms with Crippen LogP contribution < -0.4 is 10.6 Å². The number of hydrogen-bond acceptors (Lipinski definition) is 3. The van der Waals surface area contributed by atoms with Gasteiger partial charge >= 0.3 is 0 Å². The van der Waals surface area contributed by atoms with Crippen molar-refractivity contribution in [2.24, 2.45) is 4.99 Å². The molecule has 0 unspecified atom stereocenters. The number of nitrogens with zero attached hydrogens (tertiary/aromatic N) is 1. The van der Waals surface area contributed by atoms with E-state index in [-0.39, 0.29) is 35.6 Å². The van der Waals surface area contributed by atoms with Gasteiger partial charge in [0.25, 0.3) is 0 Å². The van der Waals surface area contributed by atoms with Crippen LogP contribution in [0.25, 0.3) is 0 Å². The minimum absolute atomic E-state index is 0. The lowest BCUT2D eigenvalue weighted by molar-refractivity contribution is 0.600. The van der Waals surface area contributed by atoms with Gasteiger partial charge < -0.3 is 10.6 Å². The molecule has 0 atom stereocenters. The molecule has 0 saturated carbocycles. The van der Waals surface area contributed by atoms with Gasteiger partial charge in [0, 0.05) is 32.3 Å². The lowest BCUT2D eigenvalue weighted by atomic mass is 9.91. The largest absolute Gasteiger partial charge is 0.355 e. The highest BCUT2D eigenvalue weighted by atomic mass is 127. The third kappa shape index (κ3) is 7.74. The minimum atomic E-state index is -2.99. The highest BCUT2D eigenvalue weighted by Gasteiger charge is 2.14. The topological polar surface area (TPSA) is 70.6 Å². The zero-order valence-electron chi connectivity index (χ0n) is 15.1. The first-order valence-corrected chi connectivity index (χ1v) is 10.3. The van der Waals surface area contributed by atoms with Crippen molar-refractivity contribution in [3.63, 3.8) is 0 Å². The number of aliphatic imine (C=N–C) groups is 1. The van der Waals surface area contributed by atoms with Gasteiger partial charge in [-0.2, -0.15) is 0 Å². The van der Waals surface area contributed by atoms with E-state index in [9.17, 15) is 8.42 Å². The van der Waals surface area contributed by atoms with Crippen molar-refractivity contribution in [1.29, 1.82) is 0 Å². The molecule has 0 fully saturated rings. The van der Waals surface area contributed by atoms with Crippen LogP contribution in [0, 0.1) is 0 Å². The van der Waals surface area contributed by atoms with Crippen molar-refractivity contribution in [1.82, 2.24) is 10.6 Å². The number of sulfone groups is 1. The second kappa shape index (κ2) is 11.2. The third-order valence-electron chi connectivity index (χ3n) is 3.87. The summed E-state index contributed by atoms with van der Waals surface area (Å²) in [5.41, 5.74) is 2.43. The Balaban J connectivity index is 0.00000338. The Morgan fingerprint density at radius 3 is 1.88 bits per heavy atom. The molecule has 2 rings (SSSR count). The van der Waals surface area contributed by atoms with Crippen molar-refractivity contribution < 1.29 is 8.42 Å². The van der Waals surface area contributed by atoms with Crippen molar-refractivity contribution >= 4 is 39.8 Å². The predicted octanol–water partition coefficient (Wildman–Crippen LogP) is 2.65. The van der Waals surface area contributed by atoms with Gasteiger partial charge in [-0.05, 0) is 11.1 Å². The number of benzene rings is 2. The molecule has 0 aliphatic rings. The van der Waals surface area contributed by atoms with Crippen molar-refractivity contribution in [3.8, 4) is 0 Å². The molecule has 0 aliphatic carbocycles. The predicted molar refractivity (Wildman–Crippen MR) is 119 cm³/mol. The van der Waals surface area contributed by atoms with Gasteiger partial charge in [0.2, 0.25) is 0 Å². The molecule has 5 nitrogen and oxygen atoms in total. The molecule has 0 radical (unpaired) electrons. The molecule has 0 spiro atoms. The van der Waals surface area contributed by atoms with Crippen molar-refractivity contribution in [3.05, 3.63) is 71.8 Å². The first-order chi connectivity index (χ1) is 12.0. The number of rotatable bonds is 7. The second-order valence-corrected chi connectivity index (χ2v) is 8.14. The molecular weight excluding hydrogens is 461 g/mol. The summed E-state index contributed by atoms with van der Waals surface area (Å²) in [6, 6.07) is 20.6. The van der Waals surface area contributed by atoms with Crippen LogP contribution in [-0.2, 0) is 9.84 Å². The minimum Gasteiger partial charge on any atom is -0.355 e. The van der Waals surface area contributed by atoms with Crippen LogP contribution >= 0.6 is 24.0 Å². The number of nitrogens with one attached hydrogen (secondary N) is 2. The van der Waals surface area contributed by atoms with Gasteiger partial charge in [0.05, 0.1) is 5.75 Å². The lowest BCUT2D eigenvalue weighted by Crippen LogP contribution is -2.41. The van der Waals surface area contributed by atoms with E-state index in [0.29, 0.717) is 19.0 Å². The lowest BCUT2D eigenvalue weighted by Gasteiger charge is -2.20. The molecule has 0 heterocycles. The van der Waals surface area contributed by atoms with Gasteiger partial charge in [0.1, 0.15) is 9.84 Å². The Bertz CT molecular complexity index is 741. The third-order valence-corrected chi connectivity index (χ3v) is 4.81. The molecule has 2 aromatic carbocycles. The second-order valence-electron chi connectivity index (χ2n) is 5.88. The van der Waals surface area contributed by atoms with Crippen LogP contribution in [0.15, 0.2) is 65.7 Å². The Hall–Kier alpha value is -1.61. The molecule has 0 aromatic heterocycles. The Labute approximate surface area is 173 Å². The SMILES string of the molecule is CN=C(NCCS(C)(=O)=O)NCC(c1ccccc1)c1ccccc1.I. The maximum Gasteiger partial charge on any atom is 0.191 e. The van der Waals surface area contributed by atoms with Crippen molar-refractivity contribution in [2.75, 3.05) is 32.1 Å². The first kappa shape index (κ1) is 22.4. The molecular formula is C19H26IN3O2S. The van der Waals surface area contributed by atoms with Gasteiger partial charge in [-0.15, -0.1) is 24.0 Å². The van der Waals surface area contributed by atoms with E-state index in [1.54, 1.807) is 7.05 Å². The summed E-state index contributed by atoms with van der Waals surface area (Å²) in [6.07, 6.45) is 1.23. The maximum absolute atomic E-state index is 11.2. The van der Waals surface area contributed by atoms with Crippen LogP contribution in [0.5, 0.6) is 0 Å². The molecule has 26 heavy (non-hydrogen) atoms. The molecule has 2 N–H and O–H groups in total. The Morgan fingerprint density at radius 1 is 0.962 bits per heavy atom. The standard InChI is InChI=1S/C19H25N3O2S.HI/c1-20-19(21-13-14-25(2,23)24)22-15-18(16-9-5-3-6-10-16)17-11-7-4-8-12-17;/h3-12,18H,13-15H2,1-2H3,(H2,20,21,22);1H. The molecule has 7 heteroatoms. The number of halogens is 1. The highest BCUT2D eigenvalue weighted by Crippen LogP contribution is 2.23. The van der Waals surface area contributed by atoms with Gasteiger partial charge in [-0.25, -0.2) is 8.42 Å². The zero-order valence-corrected chi connectivity index (χ0v) is 18.2. The molecule has 0 aliphatic heterocycles. The summed E-state index contributed by atoms with van der Waals surface area (Å²) >= 11 is 0. The van der Waals surface area contributed by atoms with Gasteiger partial charge in [0.15, 0.2) is 5.96 Å². The van der Waals surface area contributed by atoms with Gasteiger partial charge in [-0.1, -0.05) is 60.7 Å². The summed E-state index contributed by atoms with van der Waals surface area (Å²) in [5, 5.41) is 6.34. The summed E-state index contributed by atoms with van der Waals surface area (Å²) in [4.78, 5) is 4.17. The van der Waals surface area contributed by atoms with Crippen LogP contribution in [0.4, 0.5) is 0 Å². The summed E-state index contributed by atoms with van der Waals surface area (Å²) in [7, 11) is -1.31. The fraction of sp³-hybridized carbons (Fsp3) is 0.316. The number of guanidine groups is 1. The Morgan fingerprint density at radius 2 is 1.46 bits per heavy atom. The Kier molecular flexibility index (Phi) is 9.64. The molecule has 2 aromatic rings. The molecule has 0 amide bonds. The molecule has 0 bridgehead atoms. The van der Waals surface area contributed by atoms with Crippen molar-refractivity contribution in [2.45, 2.75) is 5.92 Å². The van der Waals surface area contributed by atoms with Crippen LogP contribution in [0.2, 0.25) is 0 Å². The quantitative estimate of drug-likeness (QED) is 0.358. The van der Waals surface area contributed by atoms with E-state index in [0.717, 1.165) is 0 Å². The van der Waals surface area contributed by atoms with Crippen LogP contribution in [-0.4, -0.2) is 46.5 Å². The van der Waals surface area contributed by atoms with E-state index in [1.807, 2.05) is 36.4 Å². The summed E-state index contributed by atoms with van der Waals surface area (Å²) < 4.78 is 22.5. The fourth-order valence-corrected chi connectivity index (χ4v) is 3.05. The average Bonchev–Trinajstić information content (AvgIpc) is 2.61. The van der Waals surface area contributed by atoms with E-state index in [2.05, 4.69) is 39.9 Å². The summed E-state index contributed by atoms with van der Waals surface area (Å²) in [5.74, 6) is 0.852. The van der Waals surface area contributed by atoms with E-state index >= 15 is 0 Å². The first-order valence-electron chi connectivity index (χ1n) is 8.22. The van der Waals surface area contributed by atoms with Crippen LogP contribution in [0.3, 0.4) is 0 Å². The van der Waals surface area contributed by atoms with E-state index in [4.69, 9.17) is 0 Å². The molecule has 142 valence electrons. The smallest absolute Gasteiger partial charge is 0.191 e. The van der Waals surface area contributed by atoms with Crippen LogP contribution in [0.1, 0.15) is 17.0 Å². The average molecular weight is 487 g/mol. The normalized spacial score (nSPS) is 11.7. The van der Waals surface area contributed by atoms with Gasteiger partial charge in [-0.3, -0.25) is 4.99 Å². The van der Waals surface area contributed by atoms with E-state index in [1.165, 1.54) is 17.4 Å².